The number of carbonyl (C=O) groups is 2. The van der Waals surface area contributed by atoms with Crippen molar-refractivity contribution in [1.82, 2.24) is 5.32 Å². The summed E-state index contributed by atoms with van der Waals surface area (Å²) in [6.45, 7) is 8.65. The number of hydrogen-bond acceptors (Lipinski definition) is 2. The first-order chi connectivity index (χ1) is 16.5. The van der Waals surface area contributed by atoms with Crippen molar-refractivity contribution >= 4 is 11.9 Å². The van der Waals surface area contributed by atoms with Gasteiger partial charge in [0.15, 0.2) is 0 Å². The van der Waals surface area contributed by atoms with Crippen LogP contribution in [0.4, 0.5) is 4.39 Å². The lowest BCUT2D eigenvalue weighted by Crippen LogP contribution is -2.52. The average molecular weight is 480 g/mol. The Bertz CT molecular complexity index is 1100. The minimum atomic E-state index is -0.792. The molecule has 188 valence electrons. The summed E-state index contributed by atoms with van der Waals surface area (Å²) in [5, 5.41) is 12.8. The van der Waals surface area contributed by atoms with E-state index in [1.54, 1.807) is 12.1 Å². The number of amides is 1. The molecule has 1 aromatic carbocycles. The number of carbonyl (C=O) groups excluding carboxylic acids is 1. The van der Waals surface area contributed by atoms with Crippen LogP contribution in [-0.4, -0.2) is 17.0 Å². The largest absolute Gasteiger partial charge is 0.478 e. The highest BCUT2D eigenvalue weighted by molar-refractivity contribution is 5.87. The predicted octanol–water partition coefficient (Wildman–Crippen LogP) is 6.38. The van der Waals surface area contributed by atoms with Gasteiger partial charge in [0, 0.05) is 11.5 Å². The van der Waals surface area contributed by atoms with Crippen molar-refractivity contribution in [3.05, 3.63) is 58.9 Å². The quantitative estimate of drug-likeness (QED) is 0.527. The maximum atomic E-state index is 13.7. The van der Waals surface area contributed by atoms with Gasteiger partial charge in [0.05, 0.1) is 5.54 Å². The van der Waals surface area contributed by atoms with Crippen molar-refractivity contribution in [2.24, 2.45) is 34.5 Å². The van der Waals surface area contributed by atoms with Crippen molar-refractivity contribution < 1.29 is 19.1 Å². The summed E-state index contributed by atoms with van der Waals surface area (Å²) >= 11 is 0. The van der Waals surface area contributed by atoms with Crippen LogP contribution < -0.4 is 5.32 Å². The molecule has 2 N–H and O–H groups in total. The van der Waals surface area contributed by atoms with Crippen molar-refractivity contribution in [2.45, 2.75) is 78.2 Å². The number of nitrogens with one attached hydrogen (secondary N) is 1. The van der Waals surface area contributed by atoms with Crippen LogP contribution in [0.5, 0.6) is 0 Å². The van der Waals surface area contributed by atoms with Crippen LogP contribution in [0.2, 0.25) is 0 Å². The molecule has 0 spiro atoms. The van der Waals surface area contributed by atoms with E-state index in [-0.39, 0.29) is 28.5 Å². The number of halogens is 1. The van der Waals surface area contributed by atoms with Gasteiger partial charge in [0.25, 0.3) is 0 Å². The molecule has 6 atom stereocenters. The maximum Gasteiger partial charge on any atom is 0.331 e. The van der Waals surface area contributed by atoms with E-state index in [4.69, 9.17) is 0 Å². The molecular formula is C30H38FNO3. The third-order valence-corrected chi connectivity index (χ3v) is 10.4. The molecule has 0 aromatic heterocycles. The topological polar surface area (TPSA) is 66.4 Å². The first-order valence-electron chi connectivity index (χ1n) is 13.2. The van der Waals surface area contributed by atoms with Gasteiger partial charge in [-0.2, -0.15) is 0 Å². The highest BCUT2D eigenvalue weighted by Gasteiger charge is 2.59. The number of hydrogen-bond donors (Lipinski definition) is 2. The molecule has 0 aliphatic heterocycles. The molecule has 35 heavy (non-hydrogen) atoms. The molecule has 1 amide bonds. The van der Waals surface area contributed by atoms with Gasteiger partial charge in [-0.3, -0.25) is 4.79 Å². The SMILES string of the molecule is CC(C)(NC(=O)C1CC[C@H]2[C@@H]3CC=C4C=C(C(=O)O)CC[C@]4(C)[C@H]3CC[C@]12C)c1ccc(F)cc1. The highest BCUT2D eigenvalue weighted by atomic mass is 19.1. The molecule has 5 rings (SSSR count). The number of aliphatic carboxylic acids is 1. The number of benzene rings is 1. The lowest BCUT2D eigenvalue weighted by molar-refractivity contribution is -0.133. The summed E-state index contributed by atoms with van der Waals surface area (Å²) < 4.78 is 13.4. The van der Waals surface area contributed by atoms with Crippen LogP contribution in [0.3, 0.4) is 0 Å². The van der Waals surface area contributed by atoms with Crippen LogP contribution in [0.1, 0.15) is 78.2 Å². The van der Waals surface area contributed by atoms with E-state index >= 15 is 0 Å². The Morgan fingerprint density at radius 2 is 1.77 bits per heavy atom. The Labute approximate surface area is 208 Å². The van der Waals surface area contributed by atoms with Gasteiger partial charge in [-0.05, 0) is 117 Å². The summed E-state index contributed by atoms with van der Waals surface area (Å²) in [5.41, 5.74) is 2.10. The molecule has 2 fully saturated rings. The van der Waals surface area contributed by atoms with Crippen LogP contribution >= 0.6 is 0 Å². The predicted molar refractivity (Wildman–Crippen MR) is 134 cm³/mol. The molecule has 0 radical (unpaired) electrons. The van der Waals surface area contributed by atoms with Crippen LogP contribution in [-0.2, 0) is 15.1 Å². The lowest BCUT2D eigenvalue weighted by Gasteiger charge is -2.57. The number of carboxylic acids is 1. The molecule has 0 bridgehead atoms. The molecular weight excluding hydrogens is 441 g/mol. The Balaban J connectivity index is 1.36. The van der Waals surface area contributed by atoms with E-state index in [1.807, 2.05) is 19.9 Å². The molecule has 5 heteroatoms. The fourth-order valence-corrected chi connectivity index (χ4v) is 8.26. The van der Waals surface area contributed by atoms with Crippen molar-refractivity contribution in [3.63, 3.8) is 0 Å². The van der Waals surface area contributed by atoms with E-state index in [0.29, 0.717) is 29.7 Å². The molecule has 4 aliphatic carbocycles. The van der Waals surface area contributed by atoms with E-state index < -0.39 is 11.5 Å². The van der Waals surface area contributed by atoms with Gasteiger partial charge in [-0.1, -0.05) is 32.1 Å². The second-order valence-corrected chi connectivity index (χ2v) is 12.5. The Morgan fingerprint density at radius 1 is 1.06 bits per heavy atom. The van der Waals surface area contributed by atoms with Crippen LogP contribution in [0.15, 0.2) is 47.6 Å². The van der Waals surface area contributed by atoms with Gasteiger partial charge >= 0.3 is 5.97 Å². The van der Waals surface area contributed by atoms with Crippen LogP contribution in [0.25, 0.3) is 0 Å². The smallest absolute Gasteiger partial charge is 0.331 e. The van der Waals surface area contributed by atoms with Gasteiger partial charge in [0.2, 0.25) is 5.91 Å². The molecule has 4 nitrogen and oxygen atoms in total. The molecule has 4 aliphatic rings. The summed E-state index contributed by atoms with van der Waals surface area (Å²) in [5.74, 6) is 0.633. The molecule has 1 unspecified atom stereocenters. The summed E-state index contributed by atoms with van der Waals surface area (Å²) in [6, 6.07) is 6.40. The second kappa shape index (κ2) is 8.31. The lowest BCUT2D eigenvalue weighted by atomic mass is 9.48. The van der Waals surface area contributed by atoms with Crippen LogP contribution in [0, 0.1) is 40.3 Å². The third-order valence-electron chi connectivity index (χ3n) is 10.4. The normalized spacial score (nSPS) is 36.3. The van der Waals surface area contributed by atoms with E-state index in [9.17, 15) is 19.1 Å². The maximum absolute atomic E-state index is 13.7. The summed E-state index contributed by atoms with van der Waals surface area (Å²) in [4.78, 5) is 25.2. The monoisotopic (exact) mass is 479 g/mol. The zero-order valence-electron chi connectivity index (χ0n) is 21.4. The standard InChI is InChI=1S/C30H38FNO3/c1-28(2,19-5-8-21(31)9-6-19)32-26(33)25-12-11-23-22-10-7-20-17-18(27(34)35)13-15-29(20,3)24(22)14-16-30(23,25)4/h5-9,17,22-25H,10-16H2,1-4H3,(H,32,33)(H,34,35)/t22-,23-,24-,25?,29-,30-/m0/s1. The minimum absolute atomic E-state index is 0.0174. The summed E-state index contributed by atoms with van der Waals surface area (Å²) in [7, 11) is 0. The van der Waals surface area contributed by atoms with Gasteiger partial charge in [-0.15, -0.1) is 0 Å². The first kappa shape index (κ1) is 24.3. The fourth-order valence-electron chi connectivity index (χ4n) is 8.26. The molecule has 0 heterocycles. The number of carboxylic acid groups (broad SMARTS) is 1. The zero-order valence-corrected chi connectivity index (χ0v) is 21.4. The van der Waals surface area contributed by atoms with E-state index in [0.717, 1.165) is 44.1 Å². The van der Waals surface area contributed by atoms with E-state index in [2.05, 4.69) is 25.2 Å². The van der Waals surface area contributed by atoms with Gasteiger partial charge in [0.1, 0.15) is 5.82 Å². The number of fused-ring (bicyclic) bond motifs is 5. The Hall–Kier alpha value is -2.43. The Morgan fingerprint density at radius 3 is 2.46 bits per heavy atom. The zero-order chi connectivity index (χ0) is 25.2. The highest BCUT2D eigenvalue weighted by Crippen LogP contribution is 2.66. The fraction of sp³-hybridized carbons (Fsp3) is 0.600. The van der Waals surface area contributed by atoms with Gasteiger partial charge < -0.3 is 10.4 Å². The third kappa shape index (κ3) is 3.86. The first-order valence-corrected chi connectivity index (χ1v) is 13.2. The summed E-state index contributed by atoms with van der Waals surface area (Å²) in [6.07, 6.45) is 10.9. The second-order valence-electron chi connectivity index (χ2n) is 12.5. The molecule has 2 saturated carbocycles. The van der Waals surface area contributed by atoms with E-state index in [1.165, 1.54) is 17.7 Å². The number of allylic oxidation sites excluding steroid dienone is 3. The van der Waals surface area contributed by atoms with Crippen molar-refractivity contribution in [3.8, 4) is 0 Å². The molecule has 0 saturated heterocycles. The average Bonchev–Trinajstić information content (AvgIpc) is 3.15. The number of rotatable bonds is 4. The van der Waals surface area contributed by atoms with Crippen molar-refractivity contribution in [2.75, 3.05) is 0 Å². The van der Waals surface area contributed by atoms with Crippen molar-refractivity contribution in [1.29, 1.82) is 0 Å². The Kier molecular flexibility index (Phi) is 5.77. The van der Waals surface area contributed by atoms with Gasteiger partial charge in [-0.25, -0.2) is 9.18 Å². The minimum Gasteiger partial charge on any atom is -0.478 e. The molecule has 1 aromatic rings.